The largest absolute Gasteiger partial charge is 0.317 e. The number of hydrogen-bond donors (Lipinski definition) is 2. The molecule has 1 aliphatic rings. The van der Waals surface area contributed by atoms with Gasteiger partial charge in [-0.15, -0.1) is 5.10 Å². The summed E-state index contributed by atoms with van der Waals surface area (Å²) >= 11 is 3.11. The van der Waals surface area contributed by atoms with Crippen molar-refractivity contribution in [3.05, 3.63) is 4.60 Å². The van der Waals surface area contributed by atoms with Gasteiger partial charge in [0.15, 0.2) is 4.60 Å². The van der Waals surface area contributed by atoms with Crippen molar-refractivity contribution in [3.63, 3.8) is 0 Å². The van der Waals surface area contributed by atoms with Crippen LogP contribution in [0.5, 0.6) is 0 Å². The highest BCUT2D eigenvalue weighted by molar-refractivity contribution is 9.10. The van der Waals surface area contributed by atoms with Gasteiger partial charge in [0.05, 0.1) is 0 Å². The maximum atomic E-state index is 12.3. The Kier molecular flexibility index (Phi) is 4.36. The average Bonchev–Trinajstić information content (AvgIpc) is 2.52. The predicted molar refractivity (Wildman–Crippen MR) is 69.5 cm³/mol. The molecule has 1 unspecified atom stereocenters. The minimum absolute atomic E-state index is 0.0354. The quantitative estimate of drug-likeness (QED) is 0.810. The van der Waals surface area contributed by atoms with Crippen molar-refractivity contribution in [2.75, 3.05) is 13.1 Å². The van der Waals surface area contributed by atoms with Crippen molar-refractivity contribution in [2.45, 2.75) is 30.3 Å². The van der Waals surface area contributed by atoms with Gasteiger partial charge in [0.2, 0.25) is 5.03 Å². The third-order valence-corrected chi connectivity index (χ3v) is 5.30. The molecule has 9 heteroatoms. The number of aromatic nitrogens is 3. The van der Waals surface area contributed by atoms with E-state index in [0.717, 1.165) is 32.4 Å². The molecule has 0 amide bonds. The summed E-state index contributed by atoms with van der Waals surface area (Å²) in [6, 6.07) is -0.0354. The second-order valence-electron chi connectivity index (χ2n) is 4.31. The van der Waals surface area contributed by atoms with E-state index in [2.05, 4.69) is 36.3 Å². The van der Waals surface area contributed by atoms with Gasteiger partial charge >= 0.3 is 0 Å². The smallest absolute Gasteiger partial charge is 0.260 e. The molecule has 1 aromatic heterocycles. The number of hydrogen-bond acceptors (Lipinski definition) is 5. The van der Waals surface area contributed by atoms with Gasteiger partial charge in [0.25, 0.3) is 10.0 Å². The maximum Gasteiger partial charge on any atom is 0.260 e. The zero-order valence-corrected chi connectivity index (χ0v) is 12.5. The molecular weight excluding hydrogens is 322 g/mol. The zero-order chi connectivity index (χ0) is 13.2. The second-order valence-corrected chi connectivity index (χ2v) is 6.69. The van der Waals surface area contributed by atoms with Crippen LogP contribution in [-0.2, 0) is 17.1 Å². The van der Waals surface area contributed by atoms with Gasteiger partial charge in [-0.25, -0.2) is 17.8 Å². The van der Waals surface area contributed by atoms with Crippen molar-refractivity contribution in [2.24, 2.45) is 7.05 Å². The van der Waals surface area contributed by atoms with E-state index >= 15 is 0 Å². The normalized spacial score (nSPS) is 21.8. The van der Waals surface area contributed by atoms with E-state index in [1.807, 2.05) is 0 Å². The van der Waals surface area contributed by atoms with Gasteiger partial charge in [0.1, 0.15) is 0 Å². The highest BCUT2D eigenvalue weighted by atomic mass is 79.9. The van der Waals surface area contributed by atoms with E-state index in [-0.39, 0.29) is 15.7 Å². The van der Waals surface area contributed by atoms with Gasteiger partial charge in [-0.3, -0.25) is 0 Å². The Bertz CT molecular complexity index is 488. The van der Waals surface area contributed by atoms with E-state index in [9.17, 15) is 8.42 Å². The first-order chi connectivity index (χ1) is 8.50. The minimum atomic E-state index is -3.58. The van der Waals surface area contributed by atoms with Gasteiger partial charge in [0, 0.05) is 13.1 Å². The van der Waals surface area contributed by atoms with Crippen LogP contribution in [0.3, 0.4) is 0 Å². The van der Waals surface area contributed by atoms with E-state index in [0.29, 0.717) is 0 Å². The van der Waals surface area contributed by atoms with Crippen molar-refractivity contribution in [1.82, 2.24) is 25.0 Å². The molecule has 2 N–H and O–H groups in total. The Hall–Kier alpha value is -0.510. The van der Waals surface area contributed by atoms with Crippen molar-refractivity contribution in [3.8, 4) is 0 Å². The van der Waals surface area contributed by atoms with Crippen LogP contribution in [0.25, 0.3) is 0 Å². The van der Waals surface area contributed by atoms with Crippen LogP contribution in [0.2, 0.25) is 0 Å². The Balaban J connectivity index is 2.16. The highest BCUT2D eigenvalue weighted by Gasteiger charge is 2.27. The highest BCUT2D eigenvalue weighted by Crippen LogP contribution is 2.19. The van der Waals surface area contributed by atoms with Crippen LogP contribution < -0.4 is 10.0 Å². The molecule has 0 saturated carbocycles. The lowest BCUT2D eigenvalue weighted by molar-refractivity contribution is 0.508. The van der Waals surface area contributed by atoms with E-state index in [1.54, 1.807) is 7.05 Å². The Morgan fingerprint density at radius 2 is 2.22 bits per heavy atom. The predicted octanol–water partition coefficient (Wildman–Crippen LogP) is -0.00200. The molecule has 0 aliphatic carbocycles. The Morgan fingerprint density at radius 1 is 1.44 bits per heavy atom. The van der Waals surface area contributed by atoms with Gasteiger partial charge in [-0.1, -0.05) is 5.21 Å². The van der Waals surface area contributed by atoms with Gasteiger partial charge < -0.3 is 5.32 Å². The lowest BCUT2D eigenvalue weighted by Gasteiger charge is -2.15. The molecule has 0 bridgehead atoms. The summed E-state index contributed by atoms with van der Waals surface area (Å²) in [5.74, 6) is 0. The fraction of sp³-hybridized carbons (Fsp3) is 0.778. The number of nitrogens with zero attached hydrogens (tertiary/aromatic N) is 3. The van der Waals surface area contributed by atoms with Crippen LogP contribution in [-0.4, -0.2) is 42.5 Å². The first kappa shape index (κ1) is 13.9. The number of aryl methyl sites for hydroxylation is 1. The summed E-state index contributed by atoms with van der Waals surface area (Å²) in [5.41, 5.74) is 0. The summed E-state index contributed by atoms with van der Waals surface area (Å²) in [5, 5.41) is 10.7. The molecule has 1 fully saturated rings. The first-order valence-electron chi connectivity index (χ1n) is 5.79. The van der Waals surface area contributed by atoms with E-state index in [1.165, 1.54) is 4.68 Å². The van der Waals surface area contributed by atoms with E-state index < -0.39 is 10.0 Å². The maximum absolute atomic E-state index is 12.3. The van der Waals surface area contributed by atoms with E-state index in [4.69, 9.17) is 0 Å². The number of sulfonamides is 1. The lowest BCUT2D eigenvalue weighted by atomic mass is 10.1. The molecule has 2 heterocycles. The Morgan fingerprint density at radius 3 is 2.89 bits per heavy atom. The van der Waals surface area contributed by atoms with Crippen molar-refractivity contribution >= 4 is 26.0 Å². The SMILES string of the molecule is Cn1nnc(Br)c1S(=O)(=O)NC1CCCNCC1. The number of rotatable bonds is 3. The molecule has 0 radical (unpaired) electrons. The molecule has 7 nitrogen and oxygen atoms in total. The summed E-state index contributed by atoms with van der Waals surface area (Å²) < 4.78 is 28.7. The van der Waals surface area contributed by atoms with Crippen LogP contribution >= 0.6 is 15.9 Å². The zero-order valence-electron chi connectivity index (χ0n) is 10.1. The molecule has 0 spiro atoms. The van der Waals surface area contributed by atoms with Crippen LogP contribution in [0.4, 0.5) is 0 Å². The minimum Gasteiger partial charge on any atom is -0.317 e. The molecule has 0 aromatic carbocycles. The summed E-state index contributed by atoms with van der Waals surface area (Å²) in [7, 11) is -2.02. The molecule has 102 valence electrons. The van der Waals surface area contributed by atoms with Crippen LogP contribution in [0, 0.1) is 0 Å². The fourth-order valence-electron chi connectivity index (χ4n) is 2.02. The number of halogens is 1. The van der Waals surface area contributed by atoms with Crippen LogP contribution in [0.1, 0.15) is 19.3 Å². The third kappa shape index (κ3) is 3.08. The summed E-state index contributed by atoms with van der Waals surface area (Å²) in [6.45, 7) is 1.77. The standard InChI is InChI=1S/C9H16BrN5O2S/c1-15-9(8(10)12-14-15)18(16,17)13-7-3-2-5-11-6-4-7/h7,11,13H,2-6H2,1H3. The third-order valence-electron chi connectivity index (χ3n) is 2.89. The van der Waals surface area contributed by atoms with Crippen molar-refractivity contribution in [1.29, 1.82) is 0 Å². The Labute approximate surface area is 115 Å². The van der Waals surface area contributed by atoms with Crippen LogP contribution in [0.15, 0.2) is 9.63 Å². The first-order valence-corrected chi connectivity index (χ1v) is 8.06. The monoisotopic (exact) mass is 337 g/mol. The van der Waals surface area contributed by atoms with Gasteiger partial charge in [-0.2, -0.15) is 0 Å². The van der Waals surface area contributed by atoms with Gasteiger partial charge in [-0.05, 0) is 48.3 Å². The number of nitrogens with one attached hydrogen (secondary N) is 2. The average molecular weight is 338 g/mol. The summed E-state index contributed by atoms with van der Waals surface area (Å²) in [6.07, 6.45) is 2.61. The molecule has 1 aliphatic heterocycles. The van der Waals surface area contributed by atoms with Crippen molar-refractivity contribution < 1.29 is 8.42 Å². The molecule has 1 saturated heterocycles. The lowest BCUT2D eigenvalue weighted by Crippen LogP contribution is -2.36. The molecule has 2 rings (SSSR count). The molecule has 1 aromatic rings. The molecule has 1 atom stereocenters. The molecular formula is C9H16BrN5O2S. The molecule has 18 heavy (non-hydrogen) atoms. The second kappa shape index (κ2) is 5.64. The summed E-state index contributed by atoms with van der Waals surface area (Å²) in [4.78, 5) is 0. The fourth-order valence-corrected chi connectivity index (χ4v) is 4.42. The topological polar surface area (TPSA) is 88.9 Å².